The molecule has 4 aliphatic rings. The number of phenolic OH excluding ortho intramolecular Hbond substituents is 2. The number of benzene rings is 5. The number of imidazole rings is 1. The van der Waals surface area contributed by atoms with Crippen molar-refractivity contribution in [1.29, 1.82) is 0 Å². The first-order chi connectivity index (χ1) is 35.0. The Labute approximate surface area is 421 Å². The number of aromatic amines is 1. The Bertz CT molecular complexity index is 3180. The minimum absolute atomic E-state index is 0.0267. The molecule has 0 unspecified atom stereocenters. The van der Waals surface area contributed by atoms with Crippen LogP contribution in [0.2, 0.25) is 5.02 Å². The molecular formula is C52H45ClN6O12S. The van der Waals surface area contributed by atoms with Crippen molar-refractivity contribution in [2.24, 2.45) is 0 Å². The summed E-state index contributed by atoms with van der Waals surface area (Å²) in [5, 5.41) is 40.1. The van der Waals surface area contributed by atoms with Gasteiger partial charge in [-0.2, -0.15) is 4.98 Å². The van der Waals surface area contributed by atoms with E-state index < -0.39 is 29.9 Å². The van der Waals surface area contributed by atoms with E-state index in [1.807, 2.05) is 48.5 Å². The third-order valence-corrected chi connectivity index (χ3v) is 13.3. The Morgan fingerprint density at radius 1 is 0.792 bits per heavy atom. The summed E-state index contributed by atoms with van der Waals surface area (Å²) < 4.78 is 41.0. The van der Waals surface area contributed by atoms with Crippen LogP contribution >= 0.6 is 23.8 Å². The molecule has 6 heterocycles. The number of aliphatic hydroxyl groups excluding tert-OH is 1. The highest BCUT2D eigenvalue weighted by molar-refractivity contribution is 7.80. The van der Waals surface area contributed by atoms with Crippen LogP contribution in [0, 0.1) is 0 Å². The van der Waals surface area contributed by atoms with Crippen molar-refractivity contribution in [3.8, 4) is 57.1 Å². The van der Waals surface area contributed by atoms with E-state index in [4.69, 9.17) is 62.0 Å². The molecule has 368 valence electrons. The molecule has 7 N–H and O–H groups in total. The van der Waals surface area contributed by atoms with Gasteiger partial charge in [0.15, 0.2) is 22.5 Å². The number of nitrogens with zero attached hydrogens (tertiary/aromatic N) is 2. The summed E-state index contributed by atoms with van der Waals surface area (Å²) in [6.45, 7) is 1.96. The second-order valence-electron chi connectivity index (χ2n) is 17.4. The number of rotatable bonds is 15. The van der Waals surface area contributed by atoms with Crippen molar-refractivity contribution in [3.05, 3.63) is 136 Å². The van der Waals surface area contributed by atoms with Gasteiger partial charge in [0, 0.05) is 53.0 Å². The second kappa shape index (κ2) is 19.6. The molecule has 2 saturated heterocycles. The molecule has 2 aromatic heterocycles. The number of carbonyl (C=O) groups excluding carboxylic acids is 2. The topological polar surface area (TPSA) is 237 Å². The number of esters is 1. The Morgan fingerprint density at radius 3 is 2.22 bits per heavy atom. The molecule has 0 aliphatic carbocycles. The molecule has 1 amide bonds. The molecule has 72 heavy (non-hydrogen) atoms. The number of aliphatic hydroxyl groups is 1. The zero-order valence-electron chi connectivity index (χ0n) is 38.1. The lowest BCUT2D eigenvalue weighted by molar-refractivity contribution is -0.122. The van der Waals surface area contributed by atoms with Crippen molar-refractivity contribution in [2.45, 2.75) is 36.4 Å². The molecule has 0 radical (unpaired) electrons. The first-order valence-corrected chi connectivity index (χ1v) is 23.9. The quantitative estimate of drug-likeness (QED) is 0.0321. The van der Waals surface area contributed by atoms with Crippen molar-refractivity contribution < 1.29 is 58.1 Å². The van der Waals surface area contributed by atoms with Crippen LogP contribution in [0.3, 0.4) is 0 Å². The van der Waals surface area contributed by atoms with E-state index in [0.717, 1.165) is 16.7 Å². The Hall–Kier alpha value is -7.52. The van der Waals surface area contributed by atoms with Gasteiger partial charge in [-0.15, -0.1) is 0 Å². The largest absolute Gasteiger partial charge is 0.508 e. The number of anilines is 1. The summed E-state index contributed by atoms with van der Waals surface area (Å²) in [5.41, 5.74) is 5.58. The average Bonchev–Trinajstić information content (AvgIpc) is 4.14. The molecule has 0 saturated carbocycles. The molecule has 18 nitrogen and oxygen atoms in total. The number of halogens is 1. The number of thiocarbonyl (C=S) groups is 1. The number of amides is 1. The summed E-state index contributed by atoms with van der Waals surface area (Å²) in [6, 6.07) is 32.0. The van der Waals surface area contributed by atoms with Crippen LogP contribution in [0.4, 0.5) is 5.69 Å². The Kier molecular flexibility index (Phi) is 12.7. The normalized spacial score (nSPS) is 18.9. The summed E-state index contributed by atoms with van der Waals surface area (Å²) in [4.78, 5) is 38.2. The number of fused-ring (bicyclic) bond motifs is 8. The van der Waals surface area contributed by atoms with Gasteiger partial charge in [0.1, 0.15) is 53.7 Å². The predicted octanol–water partition coefficient (Wildman–Crippen LogP) is 6.72. The van der Waals surface area contributed by atoms with Gasteiger partial charge in [-0.3, -0.25) is 4.79 Å². The number of pyridine rings is 1. The third kappa shape index (κ3) is 9.17. The van der Waals surface area contributed by atoms with E-state index in [-0.39, 0.29) is 69.0 Å². The third-order valence-electron chi connectivity index (χ3n) is 12.7. The summed E-state index contributed by atoms with van der Waals surface area (Å²) >= 11 is 12.2. The van der Waals surface area contributed by atoms with Gasteiger partial charge >= 0.3 is 5.97 Å². The van der Waals surface area contributed by atoms with Gasteiger partial charge in [0.25, 0.3) is 6.01 Å². The van der Waals surface area contributed by atoms with Crippen LogP contribution in [0.5, 0.6) is 34.8 Å². The second-order valence-corrected chi connectivity index (χ2v) is 18.2. The van der Waals surface area contributed by atoms with E-state index in [2.05, 4.69) is 25.9 Å². The number of hydrogen-bond donors (Lipinski definition) is 7. The van der Waals surface area contributed by atoms with Gasteiger partial charge in [-0.05, 0) is 77.9 Å². The van der Waals surface area contributed by atoms with E-state index in [1.165, 1.54) is 24.3 Å². The molecule has 5 aromatic carbocycles. The highest BCUT2D eigenvalue weighted by Crippen LogP contribution is 2.57. The highest BCUT2D eigenvalue weighted by atomic mass is 35.5. The lowest BCUT2D eigenvalue weighted by Gasteiger charge is -2.36. The standard InChI is InChI=1S/C52H45ClN6O12S/c53-38-24-39-48(59-50(57-39)70-43-26-68-46-40(62)25-67-47(43)46)58-45(38)29-3-1-27(2-4-29)28-5-10-33(11-6-28)66-20-17-54-44(63)15-18-65-19-16-55-51(72)56-30-7-12-35-34(21-30)49(64)71-52(35)36-13-8-31(60)22-41(36)69-42-23-32(61)9-14-37(42)52/h1-14,21-24,40,43,46-47,60-62H,15-20,25-26H2,(H,54,63)(H2,55,56,72)(H,57,58,59)/t40-,43-,46-,47-/m1/s1. The Morgan fingerprint density at radius 2 is 1.47 bits per heavy atom. The lowest BCUT2D eigenvalue weighted by atomic mass is 9.77. The van der Waals surface area contributed by atoms with Crippen molar-refractivity contribution >= 4 is 57.7 Å². The number of carbonyl (C=O) groups is 2. The number of nitrogens with one attached hydrogen (secondary N) is 4. The fourth-order valence-electron chi connectivity index (χ4n) is 9.32. The van der Waals surface area contributed by atoms with E-state index >= 15 is 0 Å². The van der Waals surface area contributed by atoms with Gasteiger partial charge < -0.3 is 69.4 Å². The first-order valence-electron chi connectivity index (χ1n) is 23.1. The number of hydrogen-bond acceptors (Lipinski definition) is 15. The monoisotopic (exact) mass is 1010 g/mol. The SMILES string of the molecule is O=C(CCOCCNC(=S)Nc1ccc2c(c1)C(=O)OC21c2ccc(O)cc2Oc2cc(O)ccc21)NCCOc1ccc(-c2ccc(-c3nc4nc(O[C@@H]5CO[C@H]6[C@@H]5OC[C@H]6O)[nH]c4cc3Cl)cc2)cc1. The van der Waals surface area contributed by atoms with E-state index in [9.17, 15) is 24.9 Å². The fraction of sp³-hybridized carbons (Fsp3) is 0.250. The highest BCUT2D eigenvalue weighted by Gasteiger charge is 2.54. The van der Waals surface area contributed by atoms with Crippen LogP contribution in [-0.2, 0) is 29.3 Å². The van der Waals surface area contributed by atoms with E-state index in [1.54, 1.807) is 36.4 Å². The number of phenols is 2. The maximum absolute atomic E-state index is 13.4. The van der Waals surface area contributed by atoms with Crippen LogP contribution < -0.4 is 30.2 Å². The van der Waals surface area contributed by atoms with Gasteiger partial charge in [0.05, 0.1) is 54.8 Å². The maximum atomic E-state index is 13.4. The summed E-state index contributed by atoms with van der Waals surface area (Å²) in [6.07, 6.45) is -1.69. The van der Waals surface area contributed by atoms with Gasteiger partial charge in [-0.25, -0.2) is 9.78 Å². The minimum atomic E-state index is -1.36. The number of aromatic nitrogens is 3. The zero-order valence-corrected chi connectivity index (χ0v) is 39.6. The number of ether oxygens (including phenoxy) is 7. The van der Waals surface area contributed by atoms with Crippen molar-refractivity contribution in [2.75, 3.05) is 51.4 Å². The molecule has 0 bridgehead atoms. The van der Waals surface area contributed by atoms with Crippen molar-refractivity contribution in [1.82, 2.24) is 25.6 Å². The molecule has 4 aliphatic heterocycles. The molecule has 7 aromatic rings. The van der Waals surface area contributed by atoms with E-state index in [0.29, 0.717) is 85.3 Å². The molecule has 2 fully saturated rings. The van der Waals surface area contributed by atoms with Crippen molar-refractivity contribution in [3.63, 3.8) is 0 Å². The first kappa shape index (κ1) is 46.8. The summed E-state index contributed by atoms with van der Waals surface area (Å²) in [7, 11) is 0. The molecule has 1 spiro atoms. The van der Waals surface area contributed by atoms with Crippen LogP contribution in [-0.4, -0.2) is 118 Å². The van der Waals surface area contributed by atoms with Gasteiger partial charge in [-0.1, -0.05) is 54.1 Å². The molecule has 20 heteroatoms. The van der Waals surface area contributed by atoms with Crippen LogP contribution in [0.1, 0.15) is 33.5 Å². The molecule has 11 rings (SSSR count). The number of aromatic hydroxyl groups is 2. The average molecular weight is 1010 g/mol. The van der Waals surface area contributed by atoms with Crippen LogP contribution in [0.15, 0.2) is 109 Å². The minimum Gasteiger partial charge on any atom is -0.508 e. The smallest absolute Gasteiger partial charge is 0.340 e. The lowest BCUT2D eigenvalue weighted by Crippen LogP contribution is -2.34. The molecular weight excluding hydrogens is 968 g/mol. The summed E-state index contributed by atoms with van der Waals surface area (Å²) in [5.74, 6) is 0.471. The zero-order chi connectivity index (χ0) is 49.5. The van der Waals surface area contributed by atoms with Crippen LogP contribution in [0.25, 0.3) is 33.5 Å². The number of H-pyrrole nitrogens is 1. The maximum Gasteiger partial charge on any atom is 0.340 e. The predicted molar refractivity (Wildman–Crippen MR) is 266 cm³/mol. The fourth-order valence-corrected chi connectivity index (χ4v) is 9.80. The Balaban J connectivity index is 0.590. The molecule has 4 atom stereocenters. The van der Waals surface area contributed by atoms with Gasteiger partial charge in [0.2, 0.25) is 5.91 Å².